The van der Waals surface area contributed by atoms with E-state index >= 15 is 0 Å². The average molecular weight is 559 g/mol. The summed E-state index contributed by atoms with van der Waals surface area (Å²) in [7, 11) is 0. The number of carboxylic acid groups (broad SMARTS) is 1. The van der Waals surface area contributed by atoms with E-state index in [0.29, 0.717) is 54.3 Å². The summed E-state index contributed by atoms with van der Waals surface area (Å²) in [6.45, 7) is 4.88. The topological polar surface area (TPSA) is 130 Å². The molecular formula is C31H38N6O4. The molecule has 0 spiro atoms. The quantitative estimate of drug-likeness (QED) is 0.289. The van der Waals surface area contributed by atoms with Crippen LogP contribution in [0.25, 0.3) is 11.3 Å². The lowest BCUT2D eigenvalue weighted by Gasteiger charge is -2.31. The molecule has 5 rings (SSSR count). The first-order valence-electron chi connectivity index (χ1n) is 14.5. The Balaban J connectivity index is 1.29. The van der Waals surface area contributed by atoms with Gasteiger partial charge in [0.05, 0.1) is 11.3 Å². The van der Waals surface area contributed by atoms with Crippen molar-refractivity contribution in [1.29, 1.82) is 0 Å². The highest BCUT2D eigenvalue weighted by molar-refractivity contribution is 5.92. The van der Waals surface area contributed by atoms with Crippen molar-refractivity contribution in [3.63, 3.8) is 0 Å². The van der Waals surface area contributed by atoms with Crippen molar-refractivity contribution in [2.45, 2.75) is 71.3 Å². The summed E-state index contributed by atoms with van der Waals surface area (Å²) < 4.78 is 6.31. The third-order valence-electron chi connectivity index (χ3n) is 8.14. The molecule has 41 heavy (non-hydrogen) atoms. The summed E-state index contributed by atoms with van der Waals surface area (Å²) >= 11 is 0. The number of benzene rings is 1. The van der Waals surface area contributed by atoms with Gasteiger partial charge in [-0.15, -0.1) is 0 Å². The molecule has 1 aliphatic heterocycles. The van der Waals surface area contributed by atoms with E-state index in [9.17, 15) is 14.7 Å². The van der Waals surface area contributed by atoms with Crippen LogP contribution in [0.4, 0.5) is 16.4 Å². The van der Waals surface area contributed by atoms with Crippen LogP contribution in [0.1, 0.15) is 62.5 Å². The number of anilines is 2. The second kappa shape index (κ2) is 13.0. The molecule has 2 fully saturated rings. The molecule has 3 heterocycles. The SMILES string of the molecule is Cc1c(NC(=O)CC2CCCCC2)ccc(Oc2ncccc2-c2ccnc(N[C@H]3CCCN(C(=O)O)C3)n2)c1C. The summed E-state index contributed by atoms with van der Waals surface area (Å²) in [6, 6.07) is 9.20. The van der Waals surface area contributed by atoms with Crippen LogP contribution in [0.3, 0.4) is 0 Å². The van der Waals surface area contributed by atoms with E-state index in [2.05, 4.69) is 25.6 Å². The van der Waals surface area contributed by atoms with Gasteiger partial charge in [0.25, 0.3) is 0 Å². The molecule has 3 N–H and O–H groups in total. The fourth-order valence-corrected chi connectivity index (χ4v) is 5.70. The van der Waals surface area contributed by atoms with Gasteiger partial charge in [-0.2, -0.15) is 0 Å². The third kappa shape index (κ3) is 7.11. The van der Waals surface area contributed by atoms with Crippen molar-refractivity contribution in [3.05, 3.63) is 53.9 Å². The predicted molar refractivity (Wildman–Crippen MR) is 157 cm³/mol. The van der Waals surface area contributed by atoms with Gasteiger partial charge in [0.15, 0.2) is 0 Å². The molecule has 1 aliphatic carbocycles. The maximum atomic E-state index is 12.7. The van der Waals surface area contributed by atoms with E-state index in [1.807, 2.05) is 38.1 Å². The summed E-state index contributed by atoms with van der Waals surface area (Å²) in [5.41, 5.74) is 4.01. The third-order valence-corrected chi connectivity index (χ3v) is 8.14. The Morgan fingerprint density at radius 3 is 2.63 bits per heavy atom. The number of ether oxygens (including phenoxy) is 1. The van der Waals surface area contributed by atoms with Crippen molar-refractivity contribution in [2.24, 2.45) is 5.92 Å². The highest BCUT2D eigenvalue weighted by Gasteiger charge is 2.24. The molecule has 0 radical (unpaired) electrons. The summed E-state index contributed by atoms with van der Waals surface area (Å²) in [5.74, 6) is 2.03. The summed E-state index contributed by atoms with van der Waals surface area (Å²) in [5, 5.41) is 15.7. The Kier molecular flexibility index (Phi) is 8.96. The first-order chi connectivity index (χ1) is 19.9. The first-order valence-corrected chi connectivity index (χ1v) is 14.5. The first kappa shape index (κ1) is 28.3. The molecule has 2 aliphatic rings. The molecular weight excluding hydrogens is 520 g/mol. The molecule has 1 atom stereocenters. The second-order valence-corrected chi connectivity index (χ2v) is 11.1. The normalized spacial score (nSPS) is 17.6. The van der Waals surface area contributed by atoms with Crippen LogP contribution in [-0.2, 0) is 4.79 Å². The Labute approximate surface area is 240 Å². The lowest BCUT2D eigenvalue weighted by molar-refractivity contribution is -0.117. The molecule has 1 aromatic carbocycles. The van der Waals surface area contributed by atoms with Gasteiger partial charge in [-0.25, -0.2) is 19.7 Å². The number of hydrogen-bond donors (Lipinski definition) is 3. The van der Waals surface area contributed by atoms with Crippen LogP contribution in [0.5, 0.6) is 11.6 Å². The average Bonchev–Trinajstić information content (AvgIpc) is 2.98. The number of pyridine rings is 1. The maximum absolute atomic E-state index is 12.7. The standard InChI is InChI=1S/C31H38N6O4/c1-20-21(2)27(13-12-25(20)35-28(38)18-22-8-4-3-5-9-22)41-29-24(11-6-15-32-29)26-14-16-33-30(36-26)34-23-10-7-17-37(19-23)31(39)40/h6,11-16,22-23H,3-5,7-10,17-19H2,1-2H3,(H,35,38)(H,39,40)(H,33,34,36)/t23-/m0/s1. The molecule has 216 valence electrons. The van der Waals surface area contributed by atoms with Crippen LogP contribution < -0.4 is 15.4 Å². The molecule has 3 aromatic rings. The number of aromatic nitrogens is 3. The van der Waals surface area contributed by atoms with Crippen molar-refractivity contribution in [1.82, 2.24) is 19.9 Å². The van der Waals surface area contributed by atoms with E-state index in [0.717, 1.165) is 42.5 Å². The number of likely N-dealkylation sites (tertiary alicyclic amines) is 1. The minimum Gasteiger partial charge on any atom is -0.465 e. The number of amides is 2. The van der Waals surface area contributed by atoms with Gasteiger partial charge in [0.2, 0.25) is 17.7 Å². The van der Waals surface area contributed by atoms with Gasteiger partial charge >= 0.3 is 6.09 Å². The minimum absolute atomic E-state index is 0.0629. The predicted octanol–water partition coefficient (Wildman–Crippen LogP) is 6.41. The van der Waals surface area contributed by atoms with Gasteiger partial charge in [0.1, 0.15) is 5.75 Å². The van der Waals surface area contributed by atoms with E-state index in [1.54, 1.807) is 18.5 Å². The zero-order valence-electron chi connectivity index (χ0n) is 23.7. The highest BCUT2D eigenvalue weighted by Crippen LogP contribution is 2.35. The molecule has 0 bridgehead atoms. The van der Waals surface area contributed by atoms with Crippen LogP contribution >= 0.6 is 0 Å². The van der Waals surface area contributed by atoms with Crippen LogP contribution in [-0.4, -0.2) is 56.1 Å². The van der Waals surface area contributed by atoms with Gasteiger partial charge in [0, 0.05) is 43.6 Å². The number of hydrogen-bond acceptors (Lipinski definition) is 7. The van der Waals surface area contributed by atoms with E-state index in [1.165, 1.54) is 24.2 Å². The number of carbonyl (C=O) groups is 2. The van der Waals surface area contributed by atoms with Gasteiger partial charge in [-0.1, -0.05) is 19.3 Å². The number of carbonyl (C=O) groups excluding carboxylic acids is 1. The van der Waals surface area contributed by atoms with E-state index in [-0.39, 0.29) is 11.9 Å². The van der Waals surface area contributed by atoms with Gasteiger partial charge < -0.3 is 25.4 Å². The lowest BCUT2D eigenvalue weighted by atomic mass is 9.87. The Bertz CT molecular complexity index is 1390. The number of piperidine rings is 1. The summed E-state index contributed by atoms with van der Waals surface area (Å²) in [4.78, 5) is 39.1. The fourth-order valence-electron chi connectivity index (χ4n) is 5.70. The lowest BCUT2D eigenvalue weighted by Crippen LogP contribution is -2.44. The number of rotatable bonds is 8. The zero-order chi connectivity index (χ0) is 28.8. The Morgan fingerprint density at radius 2 is 1.83 bits per heavy atom. The number of nitrogens with one attached hydrogen (secondary N) is 2. The van der Waals surface area contributed by atoms with Gasteiger partial charge in [-0.3, -0.25) is 4.79 Å². The molecule has 2 amide bonds. The van der Waals surface area contributed by atoms with Gasteiger partial charge in [-0.05, 0) is 86.9 Å². The van der Waals surface area contributed by atoms with Crippen molar-refractivity contribution >= 4 is 23.6 Å². The van der Waals surface area contributed by atoms with Crippen LogP contribution in [0.15, 0.2) is 42.7 Å². The van der Waals surface area contributed by atoms with E-state index < -0.39 is 6.09 Å². The fraction of sp³-hybridized carbons (Fsp3) is 0.452. The number of nitrogens with zero attached hydrogens (tertiary/aromatic N) is 4. The van der Waals surface area contributed by atoms with Crippen molar-refractivity contribution in [2.75, 3.05) is 23.7 Å². The van der Waals surface area contributed by atoms with Crippen LogP contribution in [0.2, 0.25) is 0 Å². The summed E-state index contributed by atoms with van der Waals surface area (Å²) in [6.07, 6.45) is 10.6. The maximum Gasteiger partial charge on any atom is 0.407 e. The molecule has 0 unspecified atom stereocenters. The highest BCUT2D eigenvalue weighted by atomic mass is 16.5. The largest absolute Gasteiger partial charge is 0.465 e. The smallest absolute Gasteiger partial charge is 0.407 e. The van der Waals surface area contributed by atoms with Crippen molar-refractivity contribution in [3.8, 4) is 22.9 Å². The molecule has 1 saturated carbocycles. The van der Waals surface area contributed by atoms with E-state index in [4.69, 9.17) is 4.74 Å². The monoisotopic (exact) mass is 558 g/mol. The zero-order valence-corrected chi connectivity index (χ0v) is 23.7. The molecule has 10 nitrogen and oxygen atoms in total. The molecule has 1 saturated heterocycles. The second-order valence-electron chi connectivity index (χ2n) is 11.1. The molecule has 10 heteroatoms. The molecule has 2 aromatic heterocycles. The Hall–Kier alpha value is -4.21. The van der Waals surface area contributed by atoms with Crippen molar-refractivity contribution < 1.29 is 19.4 Å². The Morgan fingerprint density at radius 1 is 1.00 bits per heavy atom. The minimum atomic E-state index is -0.913. The van der Waals surface area contributed by atoms with Crippen LogP contribution in [0, 0.1) is 19.8 Å².